The average molecular weight is 113 g/mol. The molecule has 0 aliphatic carbocycles. The zero-order valence-corrected chi connectivity index (χ0v) is 5.44. The summed E-state index contributed by atoms with van der Waals surface area (Å²) < 4.78 is 5.03. The highest BCUT2D eigenvalue weighted by atomic mass is 16.5. The summed E-state index contributed by atoms with van der Waals surface area (Å²) in [6.07, 6.45) is 2.44. The van der Waals surface area contributed by atoms with E-state index in [2.05, 4.69) is 13.8 Å². The molecule has 1 saturated heterocycles. The van der Waals surface area contributed by atoms with Gasteiger partial charge in [-0.15, -0.1) is 0 Å². The van der Waals surface area contributed by atoms with Crippen molar-refractivity contribution in [3.63, 3.8) is 0 Å². The number of rotatable bonds is 2. The molecular formula is C7H13O. The first kappa shape index (κ1) is 6.09. The minimum absolute atomic E-state index is 0.300. The van der Waals surface area contributed by atoms with Crippen molar-refractivity contribution < 1.29 is 4.74 Å². The number of ether oxygens (including phenoxy) is 1. The smallest absolute Gasteiger partial charge is 0.0544 e. The van der Waals surface area contributed by atoms with Gasteiger partial charge in [-0.1, -0.05) is 13.3 Å². The molecule has 0 saturated carbocycles. The molecule has 1 heteroatoms. The van der Waals surface area contributed by atoms with E-state index < -0.39 is 0 Å². The second kappa shape index (κ2) is 2.06. The first-order valence-electron chi connectivity index (χ1n) is 3.20. The second-order valence-corrected chi connectivity index (χ2v) is 2.74. The summed E-state index contributed by atoms with van der Waals surface area (Å²) >= 11 is 0. The fraction of sp³-hybridized carbons (Fsp3) is 0.857. The zero-order chi connectivity index (χ0) is 6.04. The molecular weight excluding hydrogens is 100 g/mol. The van der Waals surface area contributed by atoms with Gasteiger partial charge in [0.2, 0.25) is 0 Å². The predicted molar refractivity (Wildman–Crippen MR) is 33.5 cm³/mol. The summed E-state index contributed by atoms with van der Waals surface area (Å²) in [6.45, 7) is 7.98. The van der Waals surface area contributed by atoms with Gasteiger partial charge < -0.3 is 4.74 Å². The Balaban J connectivity index is 2.20. The topological polar surface area (TPSA) is 9.23 Å². The SMILES string of the molecule is [CH2]C1(CCC)COC1. The summed E-state index contributed by atoms with van der Waals surface area (Å²) in [5.74, 6) is 0. The Kier molecular flexibility index (Phi) is 1.57. The van der Waals surface area contributed by atoms with Crippen LogP contribution < -0.4 is 0 Å². The van der Waals surface area contributed by atoms with Gasteiger partial charge >= 0.3 is 0 Å². The van der Waals surface area contributed by atoms with Crippen LogP contribution in [0.4, 0.5) is 0 Å². The maximum Gasteiger partial charge on any atom is 0.0544 e. The lowest BCUT2D eigenvalue weighted by molar-refractivity contribution is -0.0884. The normalized spacial score (nSPS) is 24.8. The molecule has 1 radical (unpaired) electrons. The maximum absolute atomic E-state index is 5.03. The Hall–Kier alpha value is -0.0400. The van der Waals surface area contributed by atoms with Gasteiger partial charge in [0.25, 0.3) is 0 Å². The molecule has 0 aromatic carbocycles. The Labute approximate surface area is 51.0 Å². The van der Waals surface area contributed by atoms with E-state index in [1.54, 1.807) is 0 Å². The van der Waals surface area contributed by atoms with Crippen LogP contribution in [0.25, 0.3) is 0 Å². The molecule has 0 spiro atoms. The first-order chi connectivity index (χ1) is 3.77. The highest BCUT2D eigenvalue weighted by Gasteiger charge is 2.31. The van der Waals surface area contributed by atoms with Gasteiger partial charge in [-0.2, -0.15) is 0 Å². The Morgan fingerprint density at radius 1 is 1.62 bits per heavy atom. The van der Waals surface area contributed by atoms with Crippen LogP contribution in [-0.4, -0.2) is 13.2 Å². The van der Waals surface area contributed by atoms with Gasteiger partial charge in [-0.3, -0.25) is 0 Å². The lowest BCUT2D eigenvalue weighted by Gasteiger charge is -2.37. The number of hydrogen-bond acceptors (Lipinski definition) is 1. The van der Waals surface area contributed by atoms with E-state index in [0.717, 1.165) is 13.2 Å². The highest BCUT2D eigenvalue weighted by molar-refractivity contribution is 4.86. The third-order valence-corrected chi connectivity index (χ3v) is 1.60. The molecule has 0 bridgehead atoms. The third kappa shape index (κ3) is 1.03. The Bertz CT molecular complexity index is 74.5. The minimum atomic E-state index is 0.300. The zero-order valence-electron chi connectivity index (χ0n) is 5.44. The molecule has 1 rings (SSSR count). The van der Waals surface area contributed by atoms with Gasteiger partial charge in [0.1, 0.15) is 0 Å². The van der Waals surface area contributed by atoms with Crippen molar-refractivity contribution in [2.24, 2.45) is 5.41 Å². The van der Waals surface area contributed by atoms with Crippen molar-refractivity contribution in [2.45, 2.75) is 19.8 Å². The molecule has 1 aliphatic rings. The van der Waals surface area contributed by atoms with Crippen molar-refractivity contribution in [3.05, 3.63) is 6.92 Å². The molecule has 8 heavy (non-hydrogen) atoms. The van der Waals surface area contributed by atoms with Gasteiger partial charge in [-0.05, 0) is 13.3 Å². The Morgan fingerprint density at radius 3 is 2.38 bits per heavy atom. The Morgan fingerprint density at radius 2 is 2.25 bits per heavy atom. The molecule has 1 heterocycles. The van der Waals surface area contributed by atoms with Crippen LogP contribution in [0.5, 0.6) is 0 Å². The van der Waals surface area contributed by atoms with Crippen molar-refractivity contribution in [1.29, 1.82) is 0 Å². The fourth-order valence-electron chi connectivity index (χ4n) is 1.07. The van der Waals surface area contributed by atoms with E-state index in [1.165, 1.54) is 12.8 Å². The van der Waals surface area contributed by atoms with Crippen molar-refractivity contribution in [1.82, 2.24) is 0 Å². The first-order valence-corrected chi connectivity index (χ1v) is 3.20. The summed E-state index contributed by atoms with van der Waals surface area (Å²) in [7, 11) is 0. The molecule has 1 aliphatic heterocycles. The standard InChI is InChI=1S/C7H13O/c1-3-4-7(2)5-8-6-7/h2-6H2,1H3. The lowest BCUT2D eigenvalue weighted by atomic mass is 9.84. The summed E-state index contributed by atoms with van der Waals surface area (Å²) in [6, 6.07) is 0. The fourth-order valence-corrected chi connectivity index (χ4v) is 1.07. The molecule has 0 unspecified atom stereocenters. The second-order valence-electron chi connectivity index (χ2n) is 2.74. The summed E-state index contributed by atoms with van der Waals surface area (Å²) in [4.78, 5) is 0. The predicted octanol–water partition coefficient (Wildman–Crippen LogP) is 1.64. The summed E-state index contributed by atoms with van der Waals surface area (Å²) in [5.41, 5.74) is 0.300. The van der Waals surface area contributed by atoms with E-state index in [0.29, 0.717) is 5.41 Å². The molecule has 1 nitrogen and oxygen atoms in total. The average Bonchev–Trinajstić information content (AvgIpc) is 1.64. The van der Waals surface area contributed by atoms with Crippen molar-refractivity contribution in [2.75, 3.05) is 13.2 Å². The van der Waals surface area contributed by atoms with Crippen molar-refractivity contribution in [3.8, 4) is 0 Å². The monoisotopic (exact) mass is 113 g/mol. The van der Waals surface area contributed by atoms with Crippen molar-refractivity contribution >= 4 is 0 Å². The molecule has 47 valence electrons. The van der Waals surface area contributed by atoms with Crippen LogP contribution >= 0.6 is 0 Å². The van der Waals surface area contributed by atoms with E-state index in [1.807, 2.05) is 0 Å². The third-order valence-electron chi connectivity index (χ3n) is 1.60. The van der Waals surface area contributed by atoms with Crippen LogP contribution in [0.2, 0.25) is 0 Å². The van der Waals surface area contributed by atoms with Gasteiger partial charge in [0, 0.05) is 5.41 Å². The van der Waals surface area contributed by atoms with Crippen LogP contribution in [0.3, 0.4) is 0 Å². The van der Waals surface area contributed by atoms with Crippen LogP contribution in [0.1, 0.15) is 19.8 Å². The quantitative estimate of drug-likeness (QED) is 0.529. The summed E-state index contributed by atoms with van der Waals surface area (Å²) in [5, 5.41) is 0. The molecule has 0 atom stereocenters. The van der Waals surface area contributed by atoms with Gasteiger partial charge in [0.05, 0.1) is 13.2 Å². The van der Waals surface area contributed by atoms with Crippen LogP contribution in [0, 0.1) is 12.3 Å². The molecule has 0 aromatic heterocycles. The maximum atomic E-state index is 5.03. The van der Waals surface area contributed by atoms with Crippen LogP contribution in [-0.2, 0) is 4.74 Å². The molecule has 1 fully saturated rings. The molecule has 0 N–H and O–H groups in total. The van der Waals surface area contributed by atoms with Gasteiger partial charge in [-0.25, -0.2) is 0 Å². The largest absolute Gasteiger partial charge is 0.380 e. The lowest BCUT2D eigenvalue weighted by Crippen LogP contribution is -2.39. The van der Waals surface area contributed by atoms with Gasteiger partial charge in [0.15, 0.2) is 0 Å². The van der Waals surface area contributed by atoms with E-state index in [-0.39, 0.29) is 0 Å². The number of hydrogen-bond donors (Lipinski definition) is 0. The van der Waals surface area contributed by atoms with E-state index in [4.69, 9.17) is 4.74 Å². The highest BCUT2D eigenvalue weighted by Crippen LogP contribution is 2.30. The van der Waals surface area contributed by atoms with E-state index >= 15 is 0 Å². The van der Waals surface area contributed by atoms with Crippen LogP contribution in [0.15, 0.2) is 0 Å². The minimum Gasteiger partial charge on any atom is -0.380 e. The molecule has 0 aromatic rings. The van der Waals surface area contributed by atoms with E-state index in [9.17, 15) is 0 Å². The molecule has 0 amide bonds.